The number of rotatable bonds is 7. The van der Waals surface area contributed by atoms with E-state index in [0.717, 1.165) is 5.56 Å². The normalized spacial score (nSPS) is 16.9. The van der Waals surface area contributed by atoms with Gasteiger partial charge in [0.25, 0.3) is 0 Å². The third kappa shape index (κ3) is 5.22. The highest BCUT2D eigenvalue weighted by Crippen LogP contribution is 2.42. The van der Waals surface area contributed by atoms with Crippen LogP contribution in [0.15, 0.2) is 77.1 Å². The Kier molecular flexibility index (Phi) is 7.48. The van der Waals surface area contributed by atoms with Crippen LogP contribution in [-0.2, 0) is 14.3 Å². The predicted molar refractivity (Wildman–Crippen MR) is 119 cm³/mol. The number of benzene rings is 2. The summed E-state index contributed by atoms with van der Waals surface area (Å²) in [5.41, 5.74) is 2.47. The first-order valence-electron chi connectivity index (χ1n) is 10.4. The summed E-state index contributed by atoms with van der Waals surface area (Å²) in [5, 5.41) is 6.01. The molecule has 0 unspecified atom stereocenters. The molecule has 1 aliphatic heterocycles. The van der Waals surface area contributed by atoms with Crippen molar-refractivity contribution < 1.29 is 27.8 Å². The number of para-hydroxylation sites is 1. The molecule has 174 valence electrons. The quantitative estimate of drug-likeness (QED) is 0.597. The number of methoxy groups -OCH3 is 1. The molecule has 2 aromatic rings. The molecule has 0 spiro atoms. The number of nitrogens with one attached hydrogen (secondary N) is 2. The van der Waals surface area contributed by atoms with Gasteiger partial charge in [-0.3, -0.25) is 4.79 Å². The molecule has 0 saturated carbocycles. The number of alkyl halides is 2. The molecule has 2 N–H and O–H groups in total. The Balaban J connectivity index is 2.10. The molecule has 3 rings (SSSR count). The molecule has 2 aromatic carbocycles. The van der Waals surface area contributed by atoms with Crippen LogP contribution in [-0.4, -0.2) is 25.6 Å². The van der Waals surface area contributed by atoms with Crippen molar-refractivity contribution in [3.05, 3.63) is 88.3 Å². The molecule has 1 amide bonds. The number of esters is 1. The number of halogens is 2. The fourth-order valence-electron chi connectivity index (χ4n) is 4.01. The van der Waals surface area contributed by atoms with Gasteiger partial charge in [0.15, 0.2) is 0 Å². The summed E-state index contributed by atoms with van der Waals surface area (Å²) in [6.07, 6.45) is 0. The zero-order chi connectivity index (χ0) is 24.1. The van der Waals surface area contributed by atoms with Crippen molar-refractivity contribution in [1.82, 2.24) is 10.6 Å². The number of allylic oxidation sites excluding steroid dienone is 2. The van der Waals surface area contributed by atoms with Crippen LogP contribution in [0.25, 0.3) is 0 Å². The number of carbonyl (C=O) groups is 2. The van der Waals surface area contributed by atoms with Crippen LogP contribution in [0.4, 0.5) is 8.78 Å². The molecule has 0 aliphatic carbocycles. The Bertz CT molecular complexity index is 1100. The average Bonchev–Trinajstić information content (AvgIpc) is 2.78. The van der Waals surface area contributed by atoms with Gasteiger partial charge in [-0.1, -0.05) is 48.5 Å². The van der Waals surface area contributed by atoms with Crippen LogP contribution >= 0.6 is 0 Å². The molecule has 2 atom stereocenters. The summed E-state index contributed by atoms with van der Waals surface area (Å²) < 4.78 is 36.0. The maximum absolute atomic E-state index is 13.5. The second-order valence-electron chi connectivity index (χ2n) is 7.65. The lowest BCUT2D eigenvalue weighted by atomic mass is 9.79. The summed E-state index contributed by atoms with van der Waals surface area (Å²) in [6.45, 7) is 2.13. The molecular weight excluding hydrogens is 430 g/mol. The molecule has 0 bridgehead atoms. The number of amides is 1. The minimum atomic E-state index is -3.07. The van der Waals surface area contributed by atoms with Gasteiger partial charge in [0.05, 0.1) is 24.6 Å². The van der Waals surface area contributed by atoms with E-state index in [-0.39, 0.29) is 28.5 Å². The van der Waals surface area contributed by atoms with E-state index < -0.39 is 24.4 Å². The Hall–Kier alpha value is -3.68. The van der Waals surface area contributed by atoms with Gasteiger partial charge in [-0.15, -0.1) is 0 Å². The van der Waals surface area contributed by atoms with Crippen molar-refractivity contribution in [1.29, 1.82) is 0 Å². The molecule has 0 saturated heterocycles. The average molecular weight is 456 g/mol. The van der Waals surface area contributed by atoms with Crippen molar-refractivity contribution in [3.63, 3.8) is 0 Å². The number of hydrogen-bond acceptors (Lipinski definition) is 5. The first kappa shape index (κ1) is 24.0. The van der Waals surface area contributed by atoms with Gasteiger partial charge in [-0.25, -0.2) is 4.79 Å². The Morgan fingerprint density at radius 3 is 2.21 bits per heavy atom. The largest absolute Gasteiger partial charge is 0.466 e. The minimum absolute atomic E-state index is 0.122. The summed E-state index contributed by atoms with van der Waals surface area (Å²) in [5.74, 6) is -2.22. The minimum Gasteiger partial charge on any atom is -0.466 e. The van der Waals surface area contributed by atoms with E-state index in [9.17, 15) is 18.4 Å². The zero-order valence-corrected chi connectivity index (χ0v) is 18.8. The highest BCUT2D eigenvalue weighted by atomic mass is 19.3. The fourth-order valence-corrected chi connectivity index (χ4v) is 4.01. The van der Waals surface area contributed by atoms with Crippen LogP contribution < -0.4 is 15.4 Å². The third-order valence-corrected chi connectivity index (χ3v) is 5.50. The van der Waals surface area contributed by atoms with Crippen LogP contribution in [0.2, 0.25) is 0 Å². The van der Waals surface area contributed by atoms with Gasteiger partial charge in [0.1, 0.15) is 5.75 Å². The summed E-state index contributed by atoms with van der Waals surface area (Å²) >= 11 is 0. The first-order chi connectivity index (χ1) is 15.7. The summed E-state index contributed by atoms with van der Waals surface area (Å²) in [6, 6.07) is 15.2. The van der Waals surface area contributed by atoms with Gasteiger partial charge in [0, 0.05) is 22.5 Å². The number of dihydropyridines is 1. The Morgan fingerprint density at radius 2 is 1.58 bits per heavy atom. The highest BCUT2D eigenvalue weighted by Gasteiger charge is 2.39. The van der Waals surface area contributed by atoms with E-state index in [4.69, 9.17) is 9.47 Å². The SMILES string of the molecule is COC(=O)C1=C(C)NC(C)=C(C(=O)N[C@H](C)c2ccccc2)[C@@H]1c1ccccc1OC(F)F. The van der Waals surface area contributed by atoms with Crippen molar-refractivity contribution in [2.45, 2.75) is 39.3 Å². The van der Waals surface area contributed by atoms with E-state index in [0.29, 0.717) is 11.4 Å². The molecule has 0 fully saturated rings. The van der Waals surface area contributed by atoms with Crippen LogP contribution in [0.1, 0.15) is 43.9 Å². The van der Waals surface area contributed by atoms with E-state index in [1.807, 2.05) is 37.3 Å². The summed E-state index contributed by atoms with van der Waals surface area (Å²) in [4.78, 5) is 26.2. The fraction of sp³-hybridized carbons (Fsp3) is 0.280. The topological polar surface area (TPSA) is 76.7 Å². The van der Waals surface area contributed by atoms with E-state index in [2.05, 4.69) is 10.6 Å². The third-order valence-electron chi connectivity index (χ3n) is 5.50. The molecule has 0 radical (unpaired) electrons. The second-order valence-corrected chi connectivity index (χ2v) is 7.65. The molecule has 0 aromatic heterocycles. The lowest BCUT2D eigenvalue weighted by Crippen LogP contribution is -2.37. The van der Waals surface area contributed by atoms with Gasteiger partial charge in [-0.2, -0.15) is 8.78 Å². The number of carbonyl (C=O) groups excluding carboxylic acids is 2. The number of hydrogen-bond donors (Lipinski definition) is 2. The smallest absolute Gasteiger partial charge is 0.387 e. The van der Waals surface area contributed by atoms with E-state index in [1.165, 1.54) is 13.2 Å². The Morgan fingerprint density at radius 1 is 0.970 bits per heavy atom. The first-order valence-corrected chi connectivity index (χ1v) is 10.4. The molecule has 8 heteroatoms. The van der Waals surface area contributed by atoms with Crippen molar-refractivity contribution in [3.8, 4) is 5.75 Å². The molecule has 1 heterocycles. The zero-order valence-electron chi connectivity index (χ0n) is 18.8. The monoisotopic (exact) mass is 456 g/mol. The van der Waals surface area contributed by atoms with Crippen molar-refractivity contribution in [2.75, 3.05) is 7.11 Å². The second kappa shape index (κ2) is 10.3. The van der Waals surface area contributed by atoms with Gasteiger partial charge < -0.3 is 20.1 Å². The van der Waals surface area contributed by atoms with E-state index in [1.54, 1.807) is 32.0 Å². The van der Waals surface area contributed by atoms with Gasteiger partial charge >= 0.3 is 12.6 Å². The van der Waals surface area contributed by atoms with Crippen LogP contribution in [0.5, 0.6) is 5.75 Å². The summed E-state index contributed by atoms with van der Waals surface area (Å²) in [7, 11) is 1.23. The lowest BCUT2D eigenvalue weighted by Gasteiger charge is -2.32. The lowest BCUT2D eigenvalue weighted by molar-refractivity contribution is -0.136. The van der Waals surface area contributed by atoms with Crippen molar-refractivity contribution in [2.24, 2.45) is 0 Å². The molecule has 1 aliphatic rings. The molecular formula is C25H26F2N2O4. The maximum atomic E-state index is 13.5. The maximum Gasteiger partial charge on any atom is 0.387 e. The van der Waals surface area contributed by atoms with Crippen LogP contribution in [0.3, 0.4) is 0 Å². The molecule has 33 heavy (non-hydrogen) atoms. The van der Waals surface area contributed by atoms with Crippen LogP contribution in [0, 0.1) is 0 Å². The number of ether oxygens (including phenoxy) is 2. The van der Waals surface area contributed by atoms with Gasteiger partial charge in [-0.05, 0) is 32.4 Å². The van der Waals surface area contributed by atoms with Gasteiger partial charge in [0.2, 0.25) is 5.91 Å². The predicted octanol–water partition coefficient (Wildman–Crippen LogP) is 4.57. The molecule has 6 nitrogen and oxygen atoms in total. The van der Waals surface area contributed by atoms with E-state index >= 15 is 0 Å². The highest BCUT2D eigenvalue weighted by molar-refractivity contribution is 6.02. The van der Waals surface area contributed by atoms with Crippen molar-refractivity contribution >= 4 is 11.9 Å². The standard InChI is InChI=1S/C25H26F2N2O4/c1-14(17-10-6-5-7-11-17)29-23(30)20-15(2)28-16(3)21(24(31)32-4)22(20)18-12-8-9-13-19(18)33-25(26)27/h5-14,22,25,28H,1-4H3,(H,29,30)/t14-,22+/m1/s1. The Labute approximate surface area is 191 Å².